The third-order valence-electron chi connectivity index (χ3n) is 12.0. The average molecular weight is 738 g/mol. The van der Waals surface area contributed by atoms with Gasteiger partial charge in [-0.2, -0.15) is 5.06 Å². The van der Waals surface area contributed by atoms with Crippen molar-refractivity contribution >= 4 is 29.8 Å². The van der Waals surface area contributed by atoms with Crippen molar-refractivity contribution in [1.82, 2.24) is 15.7 Å². The Labute approximate surface area is 319 Å². The third kappa shape index (κ3) is 8.47. The second kappa shape index (κ2) is 17.2. The van der Waals surface area contributed by atoms with Crippen LogP contribution in [0.2, 0.25) is 0 Å². The number of hydrogen-bond donors (Lipinski definition) is 2. The van der Waals surface area contributed by atoms with Gasteiger partial charge in [0.05, 0.1) is 20.3 Å². The van der Waals surface area contributed by atoms with Gasteiger partial charge in [-0.05, 0) is 85.1 Å². The minimum absolute atomic E-state index is 0.175. The van der Waals surface area contributed by atoms with E-state index in [0.717, 1.165) is 40.3 Å². The maximum absolute atomic E-state index is 14.2. The number of ether oxygens (including phenoxy) is 2. The highest BCUT2D eigenvalue weighted by molar-refractivity contribution is 5.97. The molecule has 0 aromatic heterocycles. The van der Waals surface area contributed by atoms with Gasteiger partial charge in [-0.3, -0.25) is 14.4 Å². The largest absolute Gasteiger partial charge is 0.496 e. The van der Waals surface area contributed by atoms with Crippen LogP contribution in [0.4, 0.5) is 10.5 Å². The molecule has 0 spiro atoms. The zero-order valence-corrected chi connectivity index (χ0v) is 32.6. The minimum Gasteiger partial charge on any atom is -0.496 e. The Kier molecular flexibility index (Phi) is 12.4. The summed E-state index contributed by atoms with van der Waals surface area (Å²) in [6.07, 6.45) is 3.69. The zero-order valence-electron chi connectivity index (χ0n) is 32.6. The molecule has 4 aliphatic rings. The molecule has 11 nitrogen and oxygen atoms in total. The number of rotatable bonds is 13. The van der Waals surface area contributed by atoms with Crippen LogP contribution in [0.3, 0.4) is 0 Å². The predicted molar refractivity (Wildman–Crippen MR) is 211 cm³/mol. The highest BCUT2D eigenvalue weighted by Crippen LogP contribution is 2.55. The van der Waals surface area contributed by atoms with E-state index >= 15 is 0 Å². The number of benzene rings is 3. The molecule has 7 rings (SSSR count). The minimum atomic E-state index is -0.800. The van der Waals surface area contributed by atoms with E-state index in [9.17, 15) is 14.4 Å². The maximum atomic E-state index is 14.2. The Hall–Kier alpha value is -4.74. The molecule has 1 aliphatic heterocycles. The van der Waals surface area contributed by atoms with Gasteiger partial charge in [0, 0.05) is 62.2 Å². The second-order valence-corrected chi connectivity index (χ2v) is 15.4. The van der Waals surface area contributed by atoms with E-state index in [1.165, 1.54) is 6.42 Å². The maximum Gasteiger partial charge on any atom is 0.407 e. The molecule has 11 heteroatoms. The first-order valence-electron chi connectivity index (χ1n) is 19.2. The molecular weight excluding hydrogens is 683 g/mol. The van der Waals surface area contributed by atoms with E-state index < -0.39 is 24.2 Å². The van der Waals surface area contributed by atoms with Crippen molar-refractivity contribution in [1.29, 1.82) is 0 Å². The van der Waals surface area contributed by atoms with E-state index in [1.54, 1.807) is 26.1 Å². The summed E-state index contributed by atoms with van der Waals surface area (Å²) >= 11 is 0. The van der Waals surface area contributed by atoms with Gasteiger partial charge in [-0.25, -0.2) is 9.79 Å². The number of carbonyl (C=O) groups is 3. The molecule has 2 bridgehead atoms. The first kappa shape index (κ1) is 39.0. The molecule has 3 saturated carbocycles. The van der Waals surface area contributed by atoms with Gasteiger partial charge in [0.15, 0.2) is 0 Å². The van der Waals surface area contributed by atoms with Crippen molar-refractivity contribution in [2.45, 2.75) is 58.7 Å². The lowest BCUT2D eigenvalue weighted by atomic mass is 9.51. The van der Waals surface area contributed by atoms with Crippen LogP contribution in [-0.2, 0) is 27.3 Å². The lowest BCUT2D eigenvalue weighted by Crippen LogP contribution is -2.48. The van der Waals surface area contributed by atoms with Crippen LogP contribution in [0.15, 0.2) is 71.7 Å². The van der Waals surface area contributed by atoms with Crippen LogP contribution in [0, 0.1) is 35.5 Å². The normalized spacial score (nSPS) is 25.4. The number of carbonyl (C=O) groups excluding carboxylic acids is 3. The van der Waals surface area contributed by atoms with Crippen molar-refractivity contribution in [2.75, 3.05) is 46.3 Å². The zero-order chi connectivity index (χ0) is 38.5. The summed E-state index contributed by atoms with van der Waals surface area (Å²) in [5.74, 6) is 2.44. The standard InChI is InChI=1S/C43H55N5O6/c1-26-31-18-34(27(2)37(26)22-31)23-46-42(50)39-38(28(3)54-43(51)45-17-16-29-12-9-8-10-13-29)25-53-48(39)24-30-14-11-15-36(40(30)52-7)32-19-33(41(49)44-4)21-35(20-32)47(5)6/h8-15,19-21,23,26-28,31,34,37-39H,16-18,22,24-25H2,1-7H3,(H,44,49)(H,45,51)/t26?,27-,28+,31?,34?,37-,38+,39+/m1/s1. The SMILES string of the molecule is CNC(=O)c1cc(-c2cccc(CN3OC[C@@H]([C@H](C)OC(=O)NCCc4ccccc4)[C@H]3C(=O)N=CC3CC4C[C@H](C4C)[C@@H]3C)c2OC)cc(N(C)C)c1. The molecule has 4 fully saturated rings. The van der Waals surface area contributed by atoms with E-state index in [1.807, 2.05) is 91.9 Å². The Morgan fingerprint density at radius 2 is 1.81 bits per heavy atom. The number of nitrogens with zero attached hydrogens (tertiary/aromatic N) is 3. The summed E-state index contributed by atoms with van der Waals surface area (Å²) in [4.78, 5) is 52.7. The average Bonchev–Trinajstić information content (AvgIpc) is 3.60. The number of alkyl carbamates (subject to hydrolysis) is 1. The van der Waals surface area contributed by atoms with Gasteiger partial charge < -0.3 is 25.0 Å². The van der Waals surface area contributed by atoms with E-state index in [-0.39, 0.29) is 30.9 Å². The number of hydrogen-bond acceptors (Lipinski definition) is 8. The summed E-state index contributed by atoms with van der Waals surface area (Å²) < 4.78 is 11.9. The molecule has 0 radical (unpaired) electrons. The summed E-state index contributed by atoms with van der Waals surface area (Å²) in [7, 11) is 7.08. The summed E-state index contributed by atoms with van der Waals surface area (Å²) in [6, 6.07) is 20.7. The smallest absolute Gasteiger partial charge is 0.407 e. The molecule has 2 N–H and O–H groups in total. The fraction of sp³-hybridized carbons (Fsp3) is 0.488. The molecule has 3 unspecified atom stereocenters. The molecule has 1 saturated heterocycles. The number of anilines is 1. The van der Waals surface area contributed by atoms with Crippen molar-refractivity contribution < 1.29 is 28.7 Å². The van der Waals surface area contributed by atoms with Crippen LogP contribution in [0.1, 0.15) is 55.1 Å². The Morgan fingerprint density at radius 3 is 2.50 bits per heavy atom. The molecule has 3 aromatic carbocycles. The Morgan fingerprint density at radius 1 is 1.04 bits per heavy atom. The van der Waals surface area contributed by atoms with Gasteiger partial charge in [0.25, 0.3) is 11.8 Å². The van der Waals surface area contributed by atoms with Crippen LogP contribution in [0.25, 0.3) is 11.1 Å². The van der Waals surface area contributed by atoms with Crippen molar-refractivity contribution in [3.05, 3.63) is 83.4 Å². The Bertz CT molecular complexity index is 1830. The fourth-order valence-corrected chi connectivity index (χ4v) is 8.57. The molecule has 8 atom stereocenters. The molecule has 3 amide bonds. The highest BCUT2D eigenvalue weighted by atomic mass is 16.7. The van der Waals surface area contributed by atoms with Crippen molar-refractivity contribution in [3.63, 3.8) is 0 Å². The van der Waals surface area contributed by atoms with E-state index in [0.29, 0.717) is 42.0 Å². The predicted octanol–water partition coefficient (Wildman–Crippen LogP) is 6.40. The summed E-state index contributed by atoms with van der Waals surface area (Å²) in [6.45, 7) is 7.24. The number of aliphatic imine (C=N–C) groups is 1. The lowest BCUT2D eigenvalue weighted by Gasteiger charge is -2.54. The van der Waals surface area contributed by atoms with Crippen LogP contribution < -0.4 is 20.3 Å². The van der Waals surface area contributed by atoms with Gasteiger partial charge in [0.2, 0.25) is 0 Å². The van der Waals surface area contributed by atoms with Crippen molar-refractivity contribution in [3.8, 4) is 16.9 Å². The van der Waals surface area contributed by atoms with Crippen LogP contribution >= 0.6 is 0 Å². The van der Waals surface area contributed by atoms with Gasteiger partial charge in [0.1, 0.15) is 17.9 Å². The first-order chi connectivity index (χ1) is 26.0. The highest BCUT2D eigenvalue weighted by Gasteiger charge is 2.49. The van der Waals surface area contributed by atoms with Crippen LogP contribution in [0.5, 0.6) is 5.75 Å². The number of para-hydroxylation sites is 1. The molecule has 288 valence electrons. The van der Waals surface area contributed by atoms with E-state index in [4.69, 9.17) is 14.3 Å². The number of methoxy groups -OCH3 is 1. The Balaban J connectivity index is 1.24. The lowest BCUT2D eigenvalue weighted by molar-refractivity contribution is -0.155. The second-order valence-electron chi connectivity index (χ2n) is 15.4. The molecule has 1 heterocycles. The first-order valence-corrected chi connectivity index (χ1v) is 19.2. The fourth-order valence-electron chi connectivity index (χ4n) is 8.57. The topological polar surface area (TPSA) is 122 Å². The van der Waals surface area contributed by atoms with Crippen molar-refractivity contribution in [2.24, 2.45) is 40.5 Å². The molecule has 3 aliphatic carbocycles. The van der Waals surface area contributed by atoms with E-state index in [2.05, 4.69) is 29.5 Å². The van der Waals surface area contributed by atoms with Crippen LogP contribution in [-0.4, -0.2) is 82.7 Å². The summed E-state index contributed by atoms with van der Waals surface area (Å²) in [5.41, 5.74) is 4.90. The van der Waals surface area contributed by atoms with Gasteiger partial charge in [-0.15, -0.1) is 0 Å². The molecule has 54 heavy (non-hydrogen) atoms. The van der Waals surface area contributed by atoms with Gasteiger partial charge >= 0.3 is 6.09 Å². The number of nitrogens with one attached hydrogen (secondary N) is 2. The monoisotopic (exact) mass is 737 g/mol. The number of hydroxylamine groups is 2. The number of amides is 3. The third-order valence-corrected chi connectivity index (χ3v) is 12.0. The number of fused-ring (bicyclic) bond motifs is 2. The quantitative estimate of drug-likeness (QED) is 0.193. The molecular formula is C43H55N5O6. The van der Waals surface area contributed by atoms with Gasteiger partial charge in [-0.1, -0.05) is 62.4 Å². The molecule has 3 aromatic rings. The summed E-state index contributed by atoms with van der Waals surface area (Å²) in [5, 5.41) is 7.24.